The number of aromatic nitrogens is 4. The summed E-state index contributed by atoms with van der Waals surface area (Å²) in [7, 11) is 0. The highest BCUT2D eigenvalue weighted by molar-refractivity contribution is 5.99. The first kappa shape index (κ1) is 30.2. The van der Waals surface area contributed by atoms with Crippen molar-refractivity contribution in [2.24, 2.45) is 5.16 Å². The maximum Gasteiger partial charge on any atom is 0.274 e. The number of hydrogen-bond donors (Lipinski definition) is 1. The minimum Gasteiger partial charge on any atom is -0.483 e. The van der Waals surface area contributed by atoms with Crippen LogP contribution in [0.3, 0.4) is 0 Å². The number of carbonyl (C=O) groups excluding carboxylic acids is 2. The molecule has 3 aliphatic heterocycles. The van der Waals surface area contributed by atoms with Gasteiger partial charge in [-0.25, -0.2) is 13.2 Å². The number of halogens is 3. The lowest BCUT2D eigenvalue weighted by Gasteiger charge is -2.42. The molecule has 47 heavy (non-hydrogen) atoms. The Morgan fingerprint density at radius 2 is 1.83 bits per heavy atom. The third kappa shape index (κ3) is 5.30. The van der Waals surface area contributed by atoms with Crippen molar-refractivity contribution in [2.75, 3.05) is 6.54 Å². The molecule has 2 aromatic carbocycles. The van der Waals surface area contributed by atoms with Crippen molar-refractivity contribution < 1.29 is 32.3 Å². The summed E-state index contributed by atoms with van der Waals surface area (Å²) in [6.45, 7) is 1.32. The second-order valence-corrected chi connectivity index (χ2v) is 11.8. The SMILES string of the molecule is C[C@H]1CC[C@]2(CC(n3nccn3)=NO2)[C@H]2CN1C(=O)c1c(OCc3ccccc3)c(=O)c(C(=O)NCc3c(F)cc(F)cc3F)cn12. The Morgan fingerprint density at radius 3 is 2.55 bits per heavy atom. The summed E-state index contributed by atoms with van der Waals surface area (Å²) >= 11 is 0. The topological polar surface area (TPSA) is 133 Å². The van der Waals surface area contributed by atoms with E-state index in [1.165, 1.54) is 28.0 Å². The molecule has 1 N–H and O–H groups in total. The Bertz CT molecular complexity index is 1940. The normalized spacial score (nSPS) is 21.6. The van der Waals surface area contributed by atoms with Crippen molar-refractivity contribution in [1.29, 1.82) is 0 Å². The van der Waals surface area contributed by atoms with E-state index in [2.05, 4.69) is 20.7 Å². The first-order chi connectivity index (χ1) is 22.6. The van der Waals surface area contributed by atoms with Gasteiger partial charge in [0.25, 0.3) is 11.8 Å². The molecule has 0 saturated carbocycles. The molecule has 0 radical (unpaired) electrons. The fourth-order valence-electron chi connectivity index (χ4n) is 6.41. The number of fused-ring (bicyclic) bond motifs is 5. The van der Waals surface area contributed by atoms with E-state index in [1.54, 1.807) is 29.2 Å². The number of ether oxygens (including phenoxy) is 1. The molecule has 2 amide bonds. The van der Waals surface area contributed by atoms with Gasteiger partial charge in [-0.05, 0) is 25.3 Å². The Hall–Kier alpha value is -5.47. The van der Waals surface area contributed by atoms with Crippen LogP contribution in [0, 0.1) is 17.5 Å². The Labute approximate surface area is 265 Å². The monoisotopic (exact) mass is 647 g/mol. The zero-order chi connectivity index (χ0) is 32.9. The van der Waals surface area contributed by atoms with E-state index in [-0.39, 0.29) is 37.1 Å². The molecule has 4 aromatic rings. The lowest BCUT2D eigenvalue weighted by molar-refractivity contribution is -0.0656. The highest BCUT2D eigenvalue weighted by Gasteiger charge is 2.55. The van der Waals surface area contributed by atoms with Crippen molar-refractivity contribution in [3.05, 3.63) is 111 Å². The first-order valence-corrected chi connectivity index (χ1v) is 15.0. The fourth-order valence-corrected chi connectivity index (χ4v) is 6.41. The van der Waals surface area contributed by atoms with Gasteiger partial charge in [0, 0.05) is 43.0 Å². The van der Waals surface area contributed by atoms with Crippen LogP contribution in [0.25, 0.3) is 0 Å². The van der Waals surface area contributed by atoms with Crippen molar-refractivity contribution >= 4 is 17.6 Å². The largest absolute Gasteiger partial charge is 0.483 e. The quantitative estimate of drug-likeness (QED) is 0.339. The number of amides is 2. The second kappa shape index (κ2) is 11.7. The predicted octanol–water partition coefficient (Wildman–Crippen LogP) is 3.57. The van der Waals surface area contributed by atoms with Crippen LogP contribution in [-0.4, -0.2) is 60.3 Å². The van der Waals surface area contributed by atoms with Gasteiger partial charge in [0.2, 0.25) is 5.43 Å². The summed E-state index contributed by atoms with van der Waals surface area (Å²) < 4.78 is 49.8. The molecule has 0 unspecified atom stereocenters. The predicted molar refractivity (Wildman–Crippen MR) is 159 cm³/mol. The average molecular weight is 648 g/mol. The average Bonchev–Trinajstić information content (AvgIpc) is 3.72. The summed E-state index contributed by atoms with van der Waals surface area (Å²) in [5.41, 5.74) is -2.27. The van der Waals surface area contributed by atoms with Crippen molar-refractivity contribution in [3.8, 4) is 5.75 Å². The van der Waals surface area contributed by atoms with E-state index < -0.39 is 64.0 Å². The van der Waals surface area contributed by atoms with Crippen LogP contribution in [-0.2, 0) is 18.0 Å². The van der Waals surface area contributed by atoms with Crippen molar-refractivity contribution in [2.45, 2.75) is 57.0 Å². The zero-order valence-corrected chi connectivity index (χ0v) is 25.0. The molecule has 3 aliphatic rings. The number of rotatable bonds is 6. The van der Waals surface area contributed by atoms with Gasteiger partial charge in [0.05, 0.1) is 24.9 Å². The van der Waals surface area contributed by atoms with Gasteiger partial charge in [-0.3, -0.25) is 14.4 Å². The highest BCUT2D eigenvalue weighted by Crippen LogP contribution is 2.46. The van der Waals surface area contributed by atoms with Crippen LogP contribution in [0.2, 0.25) is 0 Å². The molecular weight excluding hydrogens is 619 g/mol. The summed E-state index contributed by atoms with van der Waals surface area (Å²) in [6.07, 6.45) is 5.55. The number of pyridine rings is 1. The number of hydrogen-bond acceptors (Lipinski definition) is 8. The molecule has 3 atom stereocenters. The maximum atomic E-state index is 14.4. The Kier molecular flexibility index (Phi) is 7.53. The molecule has 242 valence electrons. The summed E-state index contributed by atoms with van der Waals surface area (Å²) in [4.78, 5) is 50.8. The van der Waals surface area contributed by atoms with E-state index in [9.17, 15) is 27.6 Å². The van der Waals surface area contributed by atoms with Crippen LogP contribution < -0.4 is 15.5 Å². The van der Waals surface area contributed by atoms with E-state index in [4.69, 9.17) is 9.57 Å². The standard InChI is InChI=1S/C32H28F3N7O5/c1-18-7-8-32(13-26(39-47-32)42-37-9-10-38-42)25-16-40(18)31(45)27-29(46-17-19-5-3-2-4-6-19)28(43)22(15-41(25)27)30(44)36-14-21-23(34)11-20(33)12-24(21)35/h2-6,9-12,15,18,25H,7-8,13-14,16-17H2,1H3,(H,36,44)/t18-,25+,32-/m0/s1. The molecular formula is C32H28F3N7O5. The summed E-state index contributed by atoms with van der Waals surface area (Å²) in [5, 5.41) is 15.0. The molecule has 1 saturated heterocycles. The molecule has 2 bridgehead atoms. The number of oxime groups is 1. The molecule has 1 fully saturated rings. The lowest BCUT2D eigenvalue weighted by Crippen LogP contribution is -2.52. The van der Waals surface area contributed by atoms with Gasteiger partial charge in [0.1, 0.15) is 29.6 Å². The van der Waals surface area contributed by atoms with E-state index >= 15 is 0 Å². The van der Waals surface area contributed by atoms with Crippen molar-refractivity contribution in [1.82, 2.24) is 29.8 Å². The van der Waals surface area contributed by atoms with Gasteiger partial charge >= 0.3 is 0 Å². The number of carbonyl (C=O) groups is 2. The molecule has 12 nitrogen and oxygen atoms in total. The Balaban J connectivity index is 1.32. The third-order valence-corrected chi connectivity index (χ3v) is 8.93. The number of nitrogens with zero attached hydrogens (tertiary/aromatic N) is 6. The number of benzene rings is 2. The van der Waals surface area contributed by atoms with E-state index in [1.807, 2.05) is 13.0 Å². The van der Waals surface area contributed by atoms with Crippen LogP contribution in [0.5, 0.6) is 5.75 Å². The molecule has 2 aromatic heterocycles. The van der Waals surface area contributed by atoms with Gasteiger partial charge in [0.15, 0.2) is 22.9 Å². The molecule has 1 spiro atoms. The minimum atomic E-state index is -1.20. The van der Waals surface area contributed by atoms with Crippen LogP contribution in [0.15, 0.2) is 71.0 Å². The fraction of sp³-hybridized carbons (Fsp3) is 0.312. The van der Waals surface area contributed by atoms with Gasteiger partial charge in [-0.15, -0.1) is 4.80 Å². The smallest absolute Gasteiger partial charge is 0.274 e. The lowest BCUT2D eigenvalue weighted by atomic mass is 9.85. The van der Waals surface area contributed by atoms with Gasteiger partial charge in [-0.1, -0.05) is 35.5 Å². The molecule has 7 rings (SSSR count). The number of nitrogens with one attached hydrogen (secondary N) is 1. The van der Waals surface area contributed by atoms with E-state index in [0.29, 0.717) is 36.4 Å². The second-order valence-electron chi connectivity index (χ2n) is 11.8. The minimum absolute atomic E-state index is 0.0586. The molecule has 5 heterocycles. The van der Waals surface area contributed by atoms with Crippen LogP contribution in [0.1, 0.15) is 64.2 Å². The van der Waals surface area contributed by atoms with Crippen LogP contribution >= 0.6 is 0 Å². The first-order valence-electron chi connectivity index (χ1n) is 15.0. The van der Waals surface area contributed by atoms with Gasteiger partial charge in [-0.2, -0.15) is 10.2 Å². The Morgan fingerprint density at radius 1 is 1.11 bits per heavy atom. The van der Waals surface area contributed by atoms with E-state index in [0.717, 1.165) is 0 Å². The molecule has 15 heteroatoms. The zero-order valence-electron chi connectivity index (χ0n) is 25.0. The maximum absolute atomic E-state index is 14.4. The summed E-state index contributed by atoms with van der Waals surface area (Å²) in [5.74, 6) is -4.85. The van der Waals surface area contributed by atoms with Crippen molar-refractivity contribution in [3.63, 3.8) is 0 Å². The summed E-state index contributed by atoms with van der Waals surface area (Å²) in [6, 6.07) is 9.08. The third-order valence-electron chi connectivity index (χ3n) is 8.93. The van der Waals surface area contributed by atoms with Gasteiger partial charge < -0.3 is 24.4 Å². The molecule has 0 aliphatic carbocycles. The van der Waals surface area contributed by atoms with Crippen LogP contribution in [0.4, 0.5) is 13.2 Å². The highest BCUT2D eigenvalue weighted by atomic mass is 19.1.